The highest BCUT2D eigenvalue weighted by Gasteiger charge is 2.55. The first-order valence-corrected chi connectivity index (χ1v) is 12.9. The lowest BCUT2D eigenvalue weighted by Crippen LogP contribution is -2.62. The SMILES string of the molecule is C[C@H](CC1CCCCC1)C(=O)N1CCC(O)(Cn2cnc3[nH]ccc3c2=O)C2(CCCC2)C1. The van der Waals surface area contributed by atoms with Crippen molar-refractivity contribution >= 4 is 16.9 Å². The zero-order valence-electron chi connectivity index (χ0n) is 19.9. The number of piperidine rings is 1. The van der Waals surface area contributed by atoms with Gasteiger partial charge in [0, 0.05) is 30.6 Å². The smallest absolute Gasteiger partial charge is 0.262 e. The van der Waals surface area contributed by atoms with Crippen molar-refractivity contribution in [2.45, 2.75) is 89.7 Å². The van der Waals surface area contributed by atoms with Gasteiger partial charge in [-0.25, -0.2) is 4.98 Å². The number of aliphatic hydroxyl groups is 1. The van der Waals surface area contributed by atoms with Gasteiger partial charge in [0.2, 0.25) is 5.91 Å². The number of amides is 1. The first-order valence-electron chi connectivity index (χ1n) is 12.9. The molecule has 3 fully saturated rings. The summed E-state index contributed by atoms with van der Waals surface area (Å²) >= 11 is 0. The molecule has 3 heterocycles. The van der Waals surface area contributed by atoms with Crippen LogP contribution in [0.5, 0.6) is 0 Å². The summed E-state index contributed by atoms with van der Waals surface area (Å²) in [4.78, 5) is 35.8. The molecular weight excluding hydrogens is 416 g/mol. The van der Waals surface area contributed by atoms with E-state index in [2.05, 4.69) is 16.9 Å². The number of rotatable bonds is 5. The molecule has 33 heavy (non-hydrogen) atoms. The number of carbonyl (C=O) groups is 1. The zero-order chi connectivity index (χ0) is 23.1. The highest BCUT2D eigenvalue weighted by atomic mass is 16.3. The number of likely N-dealkylation sites (tertiary alicyclic amines) is 1. The molecule has 1 spiro atoms. The maximum Gasteiger partial charge on any atom is 0.262 e. The minimum Gasteiger partial charge on any atom is -0.387 e. The normalized spacial score (nSPS) is 26.8. The number of nitrogens with zero attached hydrogens (tertiary/aromatic N) is 3. The summed E-state index contributed by atoms with van der Waals surface area (Å²) < 4.78 is 1.57. The second kappa shape index (κ2) is 8.90. The lowest BCUT2D eigenvalue weighted by molar-refractivity contribution is -0.163. The molecular formula is C26H38N4O3. The van der Waals surface area contributed by atoms with Gasteiger partial charge >= 0.3 is 0 Å². The standard InChI is InChI=1S/C26H38N4O3/c1-19(15-20-7-3-2-4-8-20)23(31)29-14-12-26(33,25(16-29)10-5-6-11-25)17-30-18-28-22-21(24(30)32)9-13-27-22/h9,13,18-20,27,33H,2-8,10-12,14-17H2,1H3/t19-,26?/m1/s1. The van der Waals surface area contributed by atoms with Gasteiger partial charge in [0.25, 0.3) is 5.56 Å². The van der Waals surface area contributed by atoms with E-state index >= 15 is 0 Å². The van der Waals surface area contributed by atoms with Crippen molar-refractivity contribution in [1.82, 2.24) is 19.4 Å². The molecule has 0 radical (unpaired) electrons. The third kappa shape index (κ3) is 4.13. The molecule has 2 saturated carbocycles. The Morgan fingerprint density at radius 1 is 1.21 bits per heavy atom. The Balaban J connectivity index is 1.33. The van der Waals surface area contributed by atoms with Crippen LogP contribution in [0.25, 0.3) is 11.0 Å². The molecule has 1 aliphatic heterocycles. The molecule has 0 bridgehead atoms. The largest absolute Gasteiger partial charge is 0.387 e. The van der Waals surface area contributed by atoms with Gasteiger partial charge in [0.1, 0.15) is 5.65 Å². The molecule has 180 valence electrons. The van der Waals surface area contributed by atoms with Crippen molar-refractivity contribution in [3.05, 3.63) is 28.9 Å². The fourth-order valence-electron chi connectivity index (χ4n) is 6.99. The maximum atomic E-state index is 13.4. The third-order valence-corrected chi connectivity index (χ3v) is 8.96. The second-order valence-corrected chi connectivity index (χ2v) is 11.1. The maximum absolute atomic E-state index is 13.4. The number of hydrogen-bond donors (Lipinski definition) is 2. The Morgan fingerprint density at radius 2 is 1.97 bits per heavy atom. The molecule has 1 amide bonds. The molecule has 0 aromatic carbocycles. The average molecular weight is 455 g/mol. The van der Waals surface area contributed by atoms with Crippen LogP contribution in [0.2, 0.25) is 0 Å². The van der Waals surface area contributed by atoms with Crippen LogP contribution in [0.1, 0.15) is 77.6 Å². The van der Waals surface area contributed by atoms with Crippen molar-refractivity contribution in [3.63, 3.8) is 0 Å². The van der Waals surface area contributed by atoms with E-state index < -0.39 is 5.60 Å². The second-order valence-electron chi connectivity index (χ2n) is 11.1. The van der Waals surface area contributed by atoms with E-state index in [0.717, 1.165) is 32.1 Å². The van der Waals surface area contributed by atoms with Gasteiger partial charge in [-0.05, 0) is 37.7 Å². The van der Waals surface area contributed by atoms with Crippen LogP contribution >= 0.6 is 0 Å². The predicted molar refractivity (Wildman–Crippen MR) is 128 cm³/mol. The fraction of sp³-hybridized carbons (Fsp3) is 0.731. The number of hydrogen-bond acceptors (Lipinski definition) is 4. The summed E-state index contributed by atoms with van der Waals surface area (Å²) in [7, 11) is 0. The highest BCUT2D eigenvalue weighted by molar-refractivity contribution is 5.78. The van der Waals surface area contributed by atoms with Gasteiger partial charge in [-0.15, -0.1) is 0 Å². The van der Waals surface area contributed by atoms with Crippen LogP contribution in [0.15, 0.2) is 23.4 Å². The Kier molecular flexibility index (Phi) is 6.10. The molecule has 7 heteroatoms. The molecule has 2 N–H and O–H groups in total. The molecule has 2 aromatic heterocycles. The van der Waals surface area contributed by atoms with Crippen LogP contribution in [0, 0.1) is 17.3 Å². The lowest BCUT2D eigenvalue weighted by Gasteiger charge is -2.52. The summed E-state index contributed by atoms with van der Waals surface area (Å²) in [5.41, 5.74) is -0.908. The van der Waals surface area contributed by atoms with E-state index in [1.807, 2.05) is 4.90 Å². The van der Waals surface area contributed by atoms with Crippen LogP contribution < -0.4 is 5.56 Å². The minimum atomic E-state index is -1.01. The first-order chi connectivity index (χ1) is 15.9. The van der Waals surface area contributed by atoms with Crippen molar-refractivity contribution in [3.8, 4) is 0 Å². The van der Waals surface area contributed by atoms with E-state index in [9.17, 15) is 14.7 Å². The molecule has 2 aliphatic carbocycles. The van der Waals surface area contributed by atoms with Gasteiger partial charge in [0.05, 0.1) is 23.9 Å². The van der Waals surface area contributed by atoms with Gasteiger partial charge in [-0.1, -0.05) is 51.9 Å². The van der Waals surface area contributed by atoms with Crippen LogP contribution in [0.3, 0.4) is 0 Å². The minimum absolute atomic E-state index is 0.0422. The number of aromatic nitrogens is 3. The van der Waals surface area contributed by atoms with E-state index in [0.29, 0.717) is 36.5 Å². The zero-order valence-corrected chi connectivity index (χ0v) is 19.9. The van der Waals surface area contributed by atoms with Gasteiger partial charge < -0.3 is 15.0 Å². The van der Waals surface area contributed by atoms with Gasteiger partial charge in [0.15, 0.2) is 0 Å². The van der Waals surface area contributed by atoms with E-state index in [4.69, 9.17) is 0 Å². The number of fused-ring (bicyclic) bond motifs is 1. The average Bonchev–Trinajstić information content (AvgIpc) is 3.49. The summed E-state index contributed by atoms with van der Waals surface area (Å²) in [6.07, 6.45) is 15.1. The number of carbonyl (C=O) groups excluding carboxylic acids is 1. The Labute approximate surface area is 195 Å². The number of aromatic amines is 1. The first kappa shape index (κ1) is 22.6. The topological polar surface area (TPSA) is 91.2 Å². The Hall–Kier alpha value is -2.15. The van der Waals surface area contributed by atoms with Gasteiger partial charge in [-0.2, -0.15) is 0 Å². The monoisotopic (exact) mass is 454 g/mol. The number of H-pyrrole nitrogens is 1. The van der Waals surface area contributed by atoms with Crippen molar-refractivity contribution < 1.29 is 9.90 Å². The summed E-state index contributed by atoms with van der Waals surface area (Å²) in [5, 5.41) is 12.5. The van der Waals surface area contributed by atoms with Crippen molar-refractivity contribution in [1.29, 1.82) is 0 Å². The fourth-order valence-corrected chi connectivity index (χ4v) is 6.99. The molecule has 2 atom stereocenters. The van der Waals surface area contributed by atoms with Gasteiger partial charge in [-0.3, -0.25) is 14.2 Å². The molecule has 1 saturated heterocycles. The molecule has 2 aromatic rings. The molecule has 3 aliphatic rings. The predicted octanol–water partition coefficient (Wildman–Crippen LogP) is 3.85. The quantitative estimate of drug-likeness (QED) is 0.718. The van der Waals surface area contributed by atoms with Crippen LogP contribution in [-0.2, 0) is 11.3 Å². The highest BCUT2D eigenvalue weighted by Crippen LogP contribution is 2.51. The van der Waals surface area contributed by atoms with E-state index in [1.165, 1.54) is 32.1 Å². The molecule has 1 unspecified atom stereocenters. The molecule has 7 nitrogen and oxygen atoms in total. The lowest BCUT2D eigenvalue weighted by atomic mass is 9.65. The van der Waals surface area contributed by atoms with Crippen LogP contribution in [0.4, 0.5) is 0 Å². The third-order valence-electron chi connectivity index (χ3n) is 8.96. The summed E-state index contributed by atoms with van der Waals surface area (Å²) in [6.45, 7) is 3.49. The van der Waals surface area contributed by atoms with Crippen LogP contribution in [-0.4, -0.2) is 49.1 Å². The Morgan fingerprint density at radius 3 is 2.73 bits per heavy atom. The summed E-state index contributed by atoms with van der Waals surface area (Å²) in [6, 6.07) is 1.74. The number of nitrogens with one attached hydrogen (secondary N) is 1. The Bertz CT molecular complexity index is 1050. The van der Waals surface area contributed by atoms with E-state index in [-0.39, 0.29) is 29.3 Å². The summed E-state index contributed by atoms with van der Waals surface area (Å²) in [5.74, 6) is 0.977. The molecule has 5 rings (SSSR count). The van der Waals surface area contributed by atoms with Crippen molar-refractivity contribution in [2.75, 3.05) is 13.1 Å². The van der Waals surface area contributed by atoms with Crippen molar-refractivity contribution in [2.24, 2.45) is 17.3 Å². The van der Waals surface area contributed by atoms with E-state index in [1.54, 1.807) is 23.2 Å².